The summed E-state index contributed by atoms with van der Waals surface area (Å²) in [6.45, 7) is 11.3. The SMILES string of the molecule is CCn1c2ccc(N)cc2c2cc(/C(=N/OC(=O)Nc3cc(C)cc(C)c3)c3ccc(OC(C)COC)cc3C)ccc21. The Kier molecular flexibility index (Phi) is 8.68. The van der Waals surface area contributed by atoms with Gasteiger partial charge in [0.15, 0.2) is 0 Å². The lowest BCUT2D eigenvalue weighted by Crippen LogP contribution is -2.18. The van der Waals surface area contributed by atoms with Gasteiger partial charge in [0.1, 0.15) is 17.6 Å². The smallest absolute Gasteiger partial charge is 0.437 e. The predicted molar refractivity (Wildman–Crippen MR) is 174 cm³/mol. The lowest BCUT2D eigenvalue weighted by atomic mass is 9.96. The minimum Gasteiger partial charge on any atom is -0.488 e. The largest absolute Gasteiger partial charge is 0.488 e. The van der Waals surface area contributed by atoms with Gasteiger partial charge in [-0.2, -0.15) is 0 Å². The Morgan fingerprint density at radius 1 is 0.930 bits per heavy atom. The van der Waals surface area contributed by atoms with Gasteiger partial charge in [0.25, 0.3) is 0 Å². The van der Waals surface area contributed by atoms with E-state index in [4.69, 9.17) is 20.0 Å². The van der Waals surface area contributed by atoms with Crippen molar-refractivity contribution < 1.29 is 19.1 Å². The number of nitrogens with two attached hydrogens (primary N) is 1. The maximum atomic E-state index is 12.9. The zero-order chi connectivity index (χ0) is 30.7. The van der Waals surface area contributed by atoms with Crippen LogP contribution < -0.4 is 15.8 Å². The number of hydrogen-bond donors (Lipinski definition) is 2. The highest BCUT2D eigenvalue weighted by molar-refractivity contribution is 6.17. The number of oxime groups is 1. The van der Waals surface area contributed by atoms with Crippen LogP contribution in [0.15, 0.2) is 78.0 Å². The molecule has 1 heterocycles. The van der Waals surface area contributed by atoms with Crippen LogP contribution in [0.2, 0.25) is 0 Å². The van der Waals surface area contributed by atoms with E-state index in [0.29, 0.717) is 23.7 Å². The molecule has 222 valence electrons. The maximum absolute atomic E-state index is 12.9. The molecule has 0 saturated carbocycles. The first kappa shape index (κ1) is 29.7. The molecule has 0 saturated heterocycles. The third-order valence-electron chi connectivity index (χ3n) is 7.36. The van der Waals surface area contributed by atoms with Crippen LogP contribution in [0.4, 0.5) is 16.2 Å². The number of aromatic nitrogens is 1. The summed E-state index contributed by atoms with van der Waals surface area (Å²) >= 11 is 0. The Labute approximate surface area is 252 Å². The van der Waals surface area contributed by atoms with Crippen molar-refractivity contribution >= 4 is 45.0 Å². The van der Waals surface area contributed by atoms with Crippen molar-refractivity contribution in [3.63, 3.8) is 0 Å². The van der Waals surface area contributed by atoms with E-state index in [1.165, 1.54) is 0 Å². The van der Waals surface area contributed by atoms with Crippen LogP contribution >= 0.6 is 0 Å². The van der Waals surface area contributed by atoms with Gasteiger partial charge in [-0.3, -0.25) is 10.2 Å². The predicted octanol–water partition coefficient (Wildman–Crippen LogP) is 7.74. The Balaban J connectivity index is 1.57. The van der Waals surface area contributed by atoms with Crippen LogP contribution in [-0.2, 0) is 16.1 Å². The molecule has 8 nitrogen and oxygen atoms in total. The Morgan fingerprint density at radius 3 is 2.30 bits per heavy atom. The molecule has 0 aliphatic heterocycles. The summed E-state index contributed by atoms with van der Waals surface area (Å²) in [6.07, 6.45) is -0.781. The quantitative estimate of drug-likeness (QED) is 0.0807. The molecule has 4 aromatic carbocycles. The number of rotatable bonds is 9. The number of ether oxygens (including phenoxy) is 2. The summed E-state index contributed by atoms with van der Waals surface area (Å²) in [5, 5.41) is 9.32. The first-order valence-electron chi connectivity index (χ1n) is 14.4. The molecule has 1 unspecified atom stereocenters. The number of amides is 1. The number of anilines is 2. The van der Waals surface area contributed by atoms with Gasteiger partial charge < -0.3 is 19.8 Å². The third-order valence-corrected chi connectivity index (χ3v) is 7.36. The summed E-state index contributed by atoms with van der Waals surface area (Å²) in [4.78, 5) is 18.4. The van der Waals surface area contributed by atoms with E-state index in [0.717, 1.165) is 61.9 Å². The normalized spacial score (nSPS) is 12.5. The molecule has 3 N–H and O–H groups in total. The number of methoxy groups -OCH3 is 1. The molecule has 0 spiro atoms. The number of nitrogens with zero attached hydrogens (tertiary/aromatic N) is 2. The average molecular weight is 579 g/mol. The molecular formula is C35H38N4O4. The Bertz CT molecular complexity index is 1820. The van der Waals surface area contributed by atoms with Gasteiger partial charge in [-0.15, -0.1) is 0 Å². The zero-order valence-corrected chi connectivity index (χ0v) is 25.5. The number of nitrogen functional groups attached to an aromatic ring is 1. The second-order valence-corrected chi connectivity index (χ2v) is 10.9. The van der Waals surface area contributed by atoms with Gasteiger partial charge in [-0.05, 0) is 112 Å². The summed E-state index contributed by atoms with van der Waals surface area (Å²) in [7, 11) is 1.65. The van der Waals surface area contributed by atoms with Crippen LogP contribution in [0.3, 0.4) is 0 Å². The molecule has 1 atom stereocenters. The molecule has 0 fully saturated rings. The first-order chi connectivity index (χ1) is 20.7. The highest BCUT2D eigenvalue weighted by atomic mass is 16.7. The van der Waals surface area contributed by atoms with E-state index < -0.39 is 6.09 Å². The molecule has 0 bridgehead atoms. The van der Waals surface area contributed by atoms with Crippen molar-refractivity contribution in [2.75, 3.05) is 24.8 Å². The molecule has 1 amide bonds. The van der Waals surface area contributed by atoms with E-state index >= 15 is 0 Å². The minimum absolute atomic E-state index is 0.105. The minimum atomic E-state index is -0.676. The number of hydrogen-bond acceptors (Lipinski definition) is 6. The number of fused-ring (bicyclic) bond motifs is 3. The van der Waals surface area contributed by atoms with Crippen molar-refractivity contribution in [3.8, 4) is 5.75 Å². The molecule has 0 aliphatic rings. The number of benzene rings is 4. The lowest BCUT2D eigenvalue weighted by Gasteiger charge is -2.16. The molecule has 43 heavy (non-hydrogen) atoms. The summed E-state index contributed by atoms with van der Waals surface area (Å²) < 4.78 is 13.5. The van der Waals surface area contributed by atoms with Crippen molar-refractivity contribution in [2.45, 2.75) is 47.3 Å². The number of carbonyl (C=O) groups excluding carboxylic acids is 1. The fourth-order valence-corrected chi connectivity index (χ4v) is 5.62. The lowest BCUT2D eigenvalue weighted by molar-refractivity contribution is 0.0920. The van der Waals surface area contributed by atoms with Gasteiger partial charge in [0, 0.05) is 58.0 Å². The van der Waals surface area contributed by atoms with E-state index in [9.17, 15) is 4.79 Å². The van der Waals surface area contributed by atoms with Crippen molar-refractivity contribution in [3.05, 3.63) is 101 Å². The van der Waals surface area contributed by atoms with Crippen molar-refractivity contribution in [1.29, 1.82) is 0 Å². The van der Waals surface area contributed by atoms with Crippen LogP contribution in [0.5, 0.6) is 5.75 Å². The van der Waals surface area contributed by atoms with E-state index in [1.54, 1.807) is 7.11 Å². The Hall–Kier alpha value is -4.82. The second-order valence-electron chi connectivity index (χ2n) is 10.9. The topological polar surface area (TPSA) is 100 Å². The van der Waals surface area contributed by atoms with Crippen LogP contribution in [0.25, 0.3) is 21.8 Å². The molecule has 0 aliphatic carbocycles. The van der Waals surface area contributed by atoms with E-state index in [-0.39, 0.29) is 6.10 Å². The van der Waals surface area contributed by atoms with E-state index in [1.807, 2.05) is 82.3 Å². The van der Waals surface area contributed by atoms with Crippen LogP contribution in [0, 0.1) is 20.8 Å². The van der Waals surface area contributed by atoms with Gasteiger partial charge >= 0.3 is 6.09 Å². The van der Waals surface area contributed by atoms with Crippen molar-refractivity contribution in [2.24, 2.45) is 5.16 Å². The van der Waals surface area contributed by atoms with Gasteiger partial charge in [-0.1, -0.05) is 17.3 Å². The summed E-state index contributed by atoms with van der Waals surface area (Å²) in [5.41, 5.74) is 14.9. The number of carbonyl (C=O) groups is 1. The third kappa shape index (κ3) is 6.49. The number of aryl methyl sites for hydroxylation is 4. The maximum Gasteiger partial charge on any atom is 0.437 e. The monoisotopic (exact) mass is 578 g/mol. The van der Waals surface area contributed by atoms with Gasteiger partial charge in [-0.25, -0.2) is 4.79 Å². The summed E-state index contributed by atoms with van der Waals surface area (Å²) in [6, 6.07) is 23.7. The molecular weight excluding hydrogens is 540 g/mol. The van der Waals surface area contributed by atoms with Crippen LogP contribution in [0.1, 0.15) is 41.7 Å². The summed E-state index contributed by atoms with van der Waals surface area (Å²) in [5.74, 6) is 0.718. The average Bonchev–Trinajstić information content (AvgIpc) is 3.25. The fraction of sp³-hybridized carbons (Fsp3) is 0.257. The zero-order valence-electron chi connectivity index (χ0n) is 25.5. The highest BCUT2D eigenvalue weighted by Crippen LogP contribution is 2.32. The molecule has 0 radical (unpaired) electrons. The van der Waals surface area contributed by atoms with Gasteiger partial charge in [0.2, 0.25) is 0 Å². The first-order valence-corrected chi connectivity index (χ1v) is 14.4. The molecule has 5 aromatic rings. The molecule has 1 aromatic heterocycles. The Morgan fingerprint density at radius 2 is 1.63 bits per heavy atom. The standard InChI is InChI=1S/C35H38N4O4/c1-7-39-32-12-8-25(18-30(32)31-19-26(36)9-13-33(31)39)34(29-11-10-28(17-23(29)4)42-24(5)20-41-6)38-43-35(40)37-27-15-21(2)14-22(3)16-27/h8-19,24H,7,20,36H2,1-6H3,(H,37,40)/b38-34-. The highest BCUT2D eigenvalue weighted by Gasteiger charge is 2.18. The van der Waals surface area contributed by atoms with Gasteiger partial charge in [0.05, 0.1) is 6.61 Å². The molecule has 5 rings (SSSR count). The van der Waals surface area contributed by atoms with Crippen LogP contribution in [-0.4, -0.2) is 36.2 Å². The van der Waals surface area contributed by atoms with E-state index in [2.05, 4.69) is 40.2 Å². The molecule has 8 heteroatoms. The second kappa shape index (κ2) is 12.6. The van der Waals surface area contributed by atoms with Crippen molar-refractivity contribution in [1.82, 2.24) is 4.57 Å². The number of nitrogens with one attached hydrogen (secondary N) is 1. The fourth-order valence-electron chi connectivity index (χ4n) is 5.62.